The van der Waals surface area contributed by atoms with Crippen LogP contribution in [0.15, 0.2) is 48.5 Å². The van der Waals surface area contributed by atoms with Crippen LogP contribution in [0.5, 0.6) is 11.5 Å². The third kappa shape index (κ3) is 3.97. The van der Waals surface area contributed by atoms with Crippen molar-refractivity contribution in [3.8, 4) is 11.5 Å². The summed E-state index contributed by atoms with van der Waals surface area (Å²) in [6.45, 7) is 0.379. The van der Waals surface area contributed by atoms with E-state index in [1.165, 1.54) is 18.2 Å². The molecule has 0 aromatic heterocycles. The minimum absolute atomic E-state index is 0.0447. The van der Waals surface area contributed by atoms with Gasteiger partial charge in [-0.1, -0.05) is 30.3 Å². The second kappa shape index (κ2) is 6.76. The maximum absolute atomic E-state index is 11.9. The predicted molar refractivity (Wildman–Crippen MR) is 80.1 cm³/mol. The van der Waals surface area contributed by atoms with Gasteiger partial charge in [0, 0.05) is 12.6 Å². The minimum atomic E-state index is -0.441. The van der Waals surface area contributed by atoms with E-state index in [9.17, 15) is 15.0 Å². The fraction of sp³-hybridized carbons (Fsp3) is 0.188. The molecule has 1 amide bonds. The van der Waals surface area contributed by atoms with Crippen LogP contribution in [0.2, 0.25) is 0 Å². The average molecular weight is 286 g/mol. The van der Waals surface area contributed by atoms with Crippen LogP contribution in [0, 0.1) is 0 Å². The molecule has 0 aliphatic carbocycles. The Morgan fingerprint density at radius 2 is 1.86 bits per heavy atom. The smallest absolute Gasteiger partial charge is 0.255 e. The third-order valence-corrected chi connectivity index (χ3v) is 3.19. The van der Waals surface area contributed by atoms with Crippen molar-refractivity contribution in [1.82, 2.24) is 5.32 Å². The highest BCUT2D eigenvalue weighted by Gasteiger charge is 2.12. The van der Waals surface area contributed by atoms with Gasteiger partial charge in [-0.25, -0.2) is 0 Å². The number of hydrogen-bond acceptors (Lipinski definition) is 4. The highest BCUT2D eigenvalue weighted by molar-refractivity contribution is 5.97. The Morgan fingerprint density at radius 3 is 2.57 bits per heavy atom. The number of phenols is 2. The summed E-state index contributed by atoms with van der Waals surface area (Å²) >= 11 is 0. The molecule has 0 fully saturated rings. The highest BCUT2D eigenvalue weighted by atomic mass is 16.3. The van der Waals surface area contributed by atoms with E-state index in [0.29, 0.717) is 13.0 Å². The summed E-state index contributed by atoms with van der Waals surface area (Å²) in [5.41, 5.74) is 7.08. The van der Waals surface area contributed by atoms with Gasteiger partial charge in [-0.05, 0) is 30.2 Å². The van der Waals surface area contributed by atoms with Crippen molar-refractivity contribution in [2.24, 2.45) is 5.73 Å². The molecule has 2 aromatic rings. The summed E-state index contributed by atoms with van der Waals surface area (Å²) in [7, 11) is 0. The molecular weight excluding hydrogens is 268 g/mol. The topological polar surface area (TPSA) is 95.6 Å². The van der Waals surface area contributed by atoms with Crippen LogP contribution in [0.3, 0.4) is 0 Å². The molecule has 2 aromatic carbocycles. The number of rotatable bonds is 5. The average Bonchev–Trinajstić information content (AvgIpc) is 2.50. The molecule has 0 heterocycles. The molecule has 5 heteroatoms. The molecule has 0 radical (unpaired) electrons. The van der Waals surface area contributed by atoms with Gasteiger partial charge in [0.2, 0.25) is 0 Å². The second-order valence-corrected chi connectivity index (χ2v) is 4.76. The molecule has 1 unspecified atom stereocenters. The molecule has 0 saturated heterocycles. The van der Waals surface area contributed by atoms with Gasteiger partial charge in [-0.3, -0.25) is 4.79 Å². The Hall–Kier alpha value is -2.53. The van der Waals surface area contributed by atoms with Gasteiger partial charge in [0.1, 0.15) is 11.5 Å². The maximum Gasteiger partial charge on any atom is 0.255 e. The Kier molecular flexibility index (Phi) is 4.79. The van der Waals surface area contributed by atoms with Crippen molar-refractivity contribution in [1.29, 1.82) is 0 Å². The van der Waals surface area contributed by atoms with Crippen molar-refractivity contribution in [2.45, 2.75) is 12.5 Å². The fourth-order valence-electron chi connectivity index (χ4n) is 2.01. The molecular formula is C16H18N2O3. The summed E-state index contributed by atoms with van der Waals surface area (Å²) in [4.78, 5) is 11.9. The van der Waals surface area contributed by atoms with Crippen LogP contribution < -0.4 is 11.1 Å². The number of carbonyl (C=O) groups is 1. The minimum Gasteiger partial charge on any atom is -0.508 e. The van der Waals surface area contributed by atoms with Crippen LogP contribution in [0.4, 0.5) is 0 Å². The van der Waals surface area contributed by atoms with Gasteiger partial charge in [-0.2, -0.15) is 0 Å². The summed E-state index contributed by atoms with van der Waals surface area (Å²) in [5.74, 6) is -0.680. The van der Waals surface area contributed by atoms with E-state index in [-0.39, 0.29) is 23.1 Å². The largest absolute Gasteiger partial charge is 0.508 e. The number of benzene rings is 2. The number of aromatic hydroxyl groups is 2. The van der Waals surface area contributed by atoms with Crippen molar-refractivity contribution in [3.63, 3.8) is 0 Å². The summed E-state index contributed by atoms with van der Waals surface area (Å²) in [6.07, 6.45) is 0.579. The first kappa shape index (κ1) is 14.9. The molecule has 110 valence electrons. The fourth-order valence-corrected chi connectivity index (χ4v) is 2.01. The Labute approximate surface area is 123 Å². The first-order valence-corrected chi connectivity index (χ1v) is 6.68. The quantitative estimate of drug-likeness (QED) is 0.631. The van der Waals surface area contributed by atoms with Gasteiger partial charge >= 0.3 is 0 Å². The van der Waals surface area contributed by atoms with Crippen LogP contribution in [0.25, 0.3) is 0 Å². The molecule has 0 aliphatic rings. The molecule has 0 aliphatic heterocycles. The van der Waals surface area contributed by atoms with E-state index >= 15 is 0 Å². The van der Waals surface area contributed by atoms with Gasteiger partial charge in [-0.15, -0.1) is 0 Å². The van der Waals surface area contributed by atoms with Crippen LogP contribution >= 0.6 is 0 Å². The number of nitrogens with two attached hydrogens (primary N) is 1. The van der Waals surface area contributed by atoms with E-state index in [0.717, 1.165) is 5.56 Å². The van der Waals surface area contributed by atoms with Crippen molar-refractivity contribution in [3.05, 3.63) is 59.7 Å². The zero-order valence-corrected chi connectivity index (χ0v) is 11.5. The lowest BCUT2D eigenvalue weighted by Gasteiger charge is -2.13. The van der Waals surface area contributed by atoms with Gasteiger partial charge < -0.3 is 21.3 Å². The van der Waals surface area contributed by atoms with Gasteiger partial charge in [0.25, 0.3) is 5.91 Å². The zero-order chi connectivity index (χ0) is 15.2. The van der Waals surface area contributed by atoms with E-state index in [1.807, 2.05) is 30.3 Å². The lowest BCUT2D eigenvalue weighted by Crippen LogP contribution is -2.27. The highest BCUT2D eigenvalue weighted by Crippen LogP contribution is 2.21. The normalized spacial score (nSPS) is 11.9. The van der Waals surface area contributed by atoms with Crippen molar-refractivity contribution < 1.29 is 15.0 Å². The standard InChI is InChI=1S/C16H18N2O3/c17-14(11-4-2-1-3-5-11)8-9-18-16(21)13-10-12(19)6-7-15(13)20/h1-7,10,14,19-20H,8-9,17H2,(H,18,21). The number of nitrogens with one attached hydrogen (secondary N) is 1. The second-order valence-electron chi connectivity index (χ2n) is 4.76. The van der Waals surface area contributed by atoms with E-state index in [2.05, 4.69) is 5.32 Å². The predicted octanol–water partition coefficient (Wildman–Crippen LogP) is 1.92. The molecule has 1 atom stereocenters. The molecule has 0 spiro atoms. The van der Waals surface area contributed by atoms with E-state index in [1.54, 1.807) is 0 Å². The lowest BCUT2D eigenvalue weighted by molar-refractivity contribution is 0.0949. The van der Waals surface area contributed by atoms with Gasteiger partial charge in [0.05, 0.1) is 5.56 Å². The van der Waals surface area contributed by atoms with Crippen LogP contribution in [0.1, 0.15) is 28.4 Å². The molecule has 2 rings (SSSR count). The zero-order valence-electron chi connectivity index (χ0n) is 11.5. The molecule has 0 saturated carbocycles. The Balaban J connectivity index is 1.88. The van der Waals surface area contributed by atoms with Crippen LogP contribution in [-0.2, 0) is 0 Å². The first-order chi connectivity index (χ1) is 10.1. The third-order valence-electron chi connectivity index (χ3n) is 3.19. The summed E-state index contributed by atoms with van der Waals surface area (Å²) < 4.78 is 0. The van der Waals surface area contributed by atoms with E-state index in [4.69, 9.17) is 5.73 Å². The molecule has 5 nitrogen and oxygen atoms in total. The molecule has 0 bridgehead atoms. The summed E-state index contributed by atoms with van der Waals surface area (Å²) in [5, 5.41) is 21.6. The summed E-state index contributed by atoms with van der Waals surface area (Å²) in [6, 6.07) is 13.3. The van der Waals surface area contributed by atoms with Gasteiger partial charge in [0.15, 0.2) is 0 Å². The van der Waals surface area contributed by atoms with Crippen LogP contribution in [-0.4, -0.2) is 22.7 Å². The SMILES string of the molecule is NC(CCNC(=O)c1cc(O)ccc1O)c1ccccc1. The Morgan fingerprint density at radius 1 is 1.14 bits per heavy atom. The number of amides is 1. The first-order valence-electron chi connectivity index (χ1n) is 6.68. The molecule has 5 N–H and O–H groups in total. The number of phenolic OH excluding ortho intramolecular Hbond substituents is 2. The maximum atomic E-state index is 11.9. The lowest BCUT2D eigenvalue weighted by atomic mass is 10.0. The monoisotopic (exact) mass is 286 g/mol. The number of carbonyl (C=O) groups excluding carboxylic acids is 1. The van der Waals surface area contributed by atoms with Crippen molar-refractivity contribution >= 4 is 5.91 Å². The van der Waals surface area contributed by atoms with Crippen molar-refractivity contribution in [2.75, 3.05) is 6.54 Å². The number of hydrogen-bond donors (Lipinski definition) is 4. The Bertz CT molecular complexity index is 614. The van der Waals surface area contributed by atoms with E-state index < -0.39 is 5.91 Å². The molecule has 21 heavy (non-hydrogen) atoms.